The van der Waals surface area contributed by atoms with E-state index in [-0.39, 0.29) is 0 Å². The lowest BCUT2D eigenvalue weighted by Gasteiger charge is -2.39. The van der Waals surface area contributed by atoms with E-state index >= 15 is 0 Å². The predicted octanol–water partition coefficient (Wildman–Crippen LogP) is 3.54. The van der Waals surface area contributed by atoms with Crippen molar-refractivity contribution in [3.63, 3.8) is 0 Å². The van der Waals surface area contributed by atoms with E-state index in [0.717, 1.165) is 17.3 Å². The number of hydrogen-bond acceptors (Lipinski definition) is 2. The van der Waals surface area contributed by atoms with Gasteiger partial charge in [-0.25, -0.2) is 0 Å². The lowest BCUT2D eigenvalue weighted by atomic mass is 9.93. The number of thioether (sulfide) groups is 1. The molecule has 0 spiro atoms. The second-order valence-electron chi connectivity index (χ2n) is 5.33. The van der Waals surface area contributed by atoms with Crippen LogP contribution in [0.1, 0.15) is 51.9 Å². The summed E-state index contributed by atoms with van der Waals surface area (Å²) < 4.78 is 0. The smallest absolute Gasteiger partial charge is 0.0186 e. The standard InChI is InChI=1S/C13H25NS/c1-11-8-9-13(10-15-11)14(2)12-6-4-3-5-7-12/h11-13H,3-10H2,1-2H3. The minimum absolute atomic E-state index is 0.870. The molecule has 1 saturated carbocycles. The Hall–Kier alpha value is 0.310. The van der Waals surface area contributed by atoms with Gasteiger partial charge in [0.05, 0.1) is 0 Å². The molecule has 2 aliphatic rings. The Labute approximate surface area is 99.0 Å². The van der Waals surface area contributed by atoms with Crippen LogP contribution in [0.3, 0.4) is 0 Å². The van der Waals surface area contributed by atoms with Crippen LogP contribution in [0.15, 0.2) is 0 Å². The Morgan fingerprint density at radius 2 is 1.67 bits per heavy atom. The molecular weight excluding hydrogens is 202 g/mol. The molecule has 0 aromatic heterocycles. The average Bonchev–Trinajstić information content (AvgIpc) is 2.30. The van der Waals surface area contributed by atoms with Crippen molar-refractivity contribution in [2.24, 2.45) is 0 Å². The zero-order valence-corrected chi connectivity index (χ0v) is 11.1. The lowest BCUT2D eigenvalue weighted by Crippen LogP contribution is -2.44. The summed E-state index contributed by atoms with van der Waals surface area (Å²) in [6.07, 6.45) is 10.2. The molecule has 0 aromatic carbocycles. The third-order valence-electron chi connectivity index (χ3n) is 4.21. The van der Waals surface area contributed by atoms with E-state index in [0.29, 0.717) is 0 Å². The highest BCUT2D eigenvalue weighted by atomic mass is 32.2. The first kappa shape index (κ1) is 11.8. The quantitative estimate of drug-likeness (QED) is 0.710. The Bertz CT molecular complexity index is 181. The van der Waals surface area contributed by atoms with E-state index in [1.54, 1.807) is 0 Å². The molecule has 0 N–H and O–H groups in total. The molecule has 1 aliphatic carbocycles. The summed E-state index contributed by atoms with van der Waals surface area (Å²) in [6, 6.07) is 1.77. The van der Waals surface area contributed by atoms with Gasteiger partial charge in [0.2, 0.25) is 0 Å². The first-order chi connectivity index (χ1) is 7.27. The Morgan fingerprint density at radius 1 is 0.933 bits per heavy atom. The molecule has 2 unspecified atom stereocenters. The van der Waals surface area contributed by atoms with E-state index in [4.69, 9.17) is 0 Å². The topological polar surface area (TPSA) is 3.24 Å². The maximum Gasteiger partial charge on any atom is 0.0186 e. The van der Waals surface area contributed by atoms with Crippen LogP contribution in [-0.4, -0.2) is 35.0 Å². The fourth-order valence-corrected chi connectivity index (χ4v) is 4.23. The van der Waals surface area contributed by atoms with Gasteiger partial charge in [0, 0.05) is 23.1 Å². The highest BCUT2D eigenvalue weighted by Gasteiger charge is 2.27. The first-order valence-corrected chi connectivity index (χ1v) is 7.66. The van der Waals surface area contributed by atoms with E-state index in [1.807, 2.05) is 0 Å². The second kappa shape index (κ2) is 5.58. The Kier molecular flexibility index (Phi) is 4.39. The lowest BCUT2D eigenvalue weighted by molar-refractivity contribution is 0.139. The van der Waals surface area contributed by atoms with Gasteiger partial charge in [-0.15, -0.1) is 0 Å². The van der Waals surface area contributed by atoms with Gasteiger partial charge < -0.3 is 0 Å². The van der Waals surface area contributed by atoms with Crippen molar-refractivity contribution in [1.82, 2.24) is 4.90 Å². The van der Waals surface area contributed by atoms with E-state index in [1.165, 1.54) is 50.7 Å². The number of hydrogen-bond donors (Lipinski definition) is 0. The summed E-state index contributed by atoms with van der Waals surface area (Å²) in [7, 11) is 2.37. The van der Waals surface area contributed by atoms with Crippen molar-refractivity contribution >= 4 is 11.8 Å². The Balaban J connectivity index is 1.81. The third kappa shape index (κ3) is 3.13. The molecule has 2 rings (SSSR count). The van der Waals surface area contributed by atoms with Gasteiger partial charge in [0.15, 0.2) is 0 Å². The second-order valence-corrected chi connectivity index (χ2v) is 6.80. The molecule has 1 aliphatic heterocycles. The minimum atomic E-state index is 0.870. The fraction of sp³-hybridized carbons (Fsp3) is 1.00. The van der Waals surface area contributed by atoms with Gasteiger partial charge in [-0.05, 0) is 32.7 Å². The van der Waals surface area contributed by atoms with Crippen molar-refractivity contribution in [3.8, 4) is 0 Å². The normalized spacial score (nSPS) is 34.6. The monoisotopic (exact) mass is 227 g/mol. The Morgan fingerprint density at radius 3 is 2.27 bits per heavy atom. The van der Waals surface area contributed by atoms with Crippen molar-refractivity contribution in [2.45, 2.75) is 69.2 Å². The number of rotatable bonds is 2. The molecule has 1 nitrogen and oxygen atoms in total. The van der Waals surface area contributed by atoms with Crippen molar-refractivity contribution in [2.75, 3.05) is 12.8 Å². The molecule has 0 radical (unpaired) electrons. The van der Waals surface area contributed by atoms with Crippen LogP contribution in [-0.2, 0) is 0 Å². The van der Waals surface area contributed by atoms with E-state index < -0.39 is 0 Å². The van der Waals surface area contributed by atoms with Gasteiger partial charge in [0.25, 0.3) is 0 Å². The van der Waals surface area contributed by atoms with Gasteiger partial charge in [-0.3, -0.25) is 4.90 Å². The molecular formula is C13H25NS. The average molecular weight is 227 g/mol. The van der Waals surface area contributed by atoms with Crippen molar-refractivity contribution in [3.05, 3.63) is 0 Å². The third-order valence-corrected chi connectivity index (χ3v) is 5.59. The van der Waals surface area contributed by atoms with E-state index in [9.17, 15) is 0 Å². The molecule has 0 amide bonds. The van der Waals surface area contributed by atoms with Crippen LogP contribution < -0.4 is 0 Å². The zero-order chi connectivity index (χ0) is 10.7. The van der Waals surface area contributed by atoms with Crippen LogP contribution in [0.5, 0.6) is 0 Å². The van der Waals surface area contributed by atoms with Crippen molar-refractivity contribution in [1.29, 1.82) is 0 Å². The van der Waals surface area contributed by atoms with Crippen LogP contribution in [0, 0.1) is 0 Å². The van der Waals surface area contributed by atoms with Crippen LogP contribution >= 0.6 is 11.8 Å². The van der Waals surface area contributed by atoms with Gasteiger partial charge >= 0.3 is 0 Å². The molecule has 1 saturated heterocycles. The van der Waals surface area contributed by atoms with E-state index in [2.05, 4.69) is 30.6 Å². The zero-order valence-electron chi connectivity index (χ0n) is 10.2. The summed E-state index contributed by atoms with van der Waals surface area (Å²) in [4.78, 5) is 2.71. The molecule has 2 fully saturated rings. The van der Waals surface area contributed by atoms with Gasteiger partial charge in [-0.1, -0.05) is 26.2 Å². The largest absolute Gasteiger partial charge is 0.300 e. The minimum Gasteiger partial charge on any atom is -0.300 e. The van der Waals surface area contributed by atoms with Gasteiger partial charge in [-0.2, -0.15) is 11.8 Å². The summed E-state index contributed by atoms with van der Waals surface area (Å²) in [5.41, 5.74) is 0. The van der Waals surface area contributed by atoms with Crippen LogP contribution in [0.4, 0.5) is 0 Å². The predicted molar refractivity (Wildman–Crippen MR) is 69.6 cm³/mol. The molecule has 0 bridgehead atoms. The highest BCUT2D eigenvalue weighted by molar-refractivity contribution is 7.99. The summed E-state index contributed by atoms with van der Waals surface area (Å²) in [6.45, 7) is 2.38. The maximum atomic E-state index is 2.71. The molecule has 15 heavy (non-hydrogen) atoms. The number of nitrogens with zero attached hydrogens (tertiary/aromatic N) is 1. The summed E-state index contributed by atoms with van der Waals surface area (Å²) in [5, 5.41) is 0.904. The van der Waals surface area contributed by atoms with Crippen LogP contribution in [0.2, 0.25) is 0 Å². The molecule has 0 aromatic rings. The highest BCUT2D eigenvalue weighted by Crippen LogP contribution is 2.31. The molecule has 2 atom stereocenters. The fourth-order valence-electron chi connectivity index (χ4n) is 2.98. The summed E-state index contributed by atoms with van der Waals surface area (Å²) in [5.74, 6) is 1.37. The maximum absolute atomic E-state index is 2.71. The van der Waals surface area contributed by atoms with Gasteiger partial charge in [0.1, 0.15) is 0 Å². The van der Waals surface area contributed by atoms with Crippen molar-refractivity contribution < 1.29 is 0 Å². The molecule has 1 heterocycles. The van der Waals surface area contributed by atoms with Crippen LogP contribution in [0.25, 0.3) is 0 Å². The molecule has 88 valence electrons. The first-order valence-electron chi connectivity index (χ1n) is 6.61. The SMILES string of the molecule is CC1CCC(N(C)C2CCCCC2)CS1. The summed E-state index contributed by atoms with van der Waals surface area (Å²) >= 11 is 2.18. The molecule has 2 heteroatoms.